The van der Waals surface area contributed by atoms with Gasteiger partial charge in [0.15, 0.2) is 17.3 Å². The number of aromatic hydroxyl groups is 1. The van der Waals surface area contributed by atoms with Crippen LogP contribution in [0.4, 0.5) is 0 Å². The summed E-state index contributed by atoms with van der Waals surface area (Å²) in [7, 11) is 4.48. The maximum Gasteiger partial charge on any atom is 0.306 e. The Bertz CT molecular complexity index is 1210. The molecule has 0 unspecified atom stereocenters. The number of nitrogens with zero attached hydrogens (tertiary/aromatic N) is 1. The Balaban J connectivity index is 1.61. The highest BCUT2D eigenvalue weighted by molar-refractivity contribution is 5.71. The van der Waals surface area contributed by atoms with Crippen molar-refractivity contribution in [3.8, 4) is 17.2 Å². The molecule has 0 amide bonds. The zero-order valence-corrected chi connectivity index (χ0v) is 19.3. The van der Waals surface area contributed by atoms with Gasteiger partial charge in [0.25, 0.3) is 0 Å². The molecule has 0 saturated heterocycles. The molecule has 1 atom stereocenters. The highest BCUT2D eigenvalue weighted by Crippen LogP contribution is 2.35. The van der Waals surface area contributed by atoms with Crippen LogP contribution in [0.2, 0.25) is 0 Å². The molecule has 0 fully saturated rings. The van der Waals surface area contributed by atoms with Crippen molar-refractivity contribution < 1.29 is 32.9 Å². The second-order valence-electron chi connectivity index (χ2n) is 8.07. The lowest BCUT2D eigenvalue weighted by Crippen LogP contribution is -2.30. The Labute approximate surface area is 196 Å². The minimum Gasteiger partial charge on any atom is -0.502 e. The molecule has 1 aromatic carbocycles. The largest absolute Gasteiger partial charge is 0.502 e. The number of esters is 1. The van der Waals surface area contributed by atoms with Crippen LogP contribution in [0.3, 0.4) is 0 Å². The molecule has 1 N–H and O–H groups in total. The molecule has 3 aromatic rings. The fourth-order valence-electron chi connectivity index (χ4n) is 4.23. The summed E-state index contributed by atoms with van der Waals surface area (Å²) in [6, 6.07) is 8.55. The normalized spacial score (nSPS) is 14.3. The second kappa shape index (κ2) is 10.0. The van der Waals surface area contributed by atoms with Crippen molar-refractivity contribution in [1.29, 1.82) is 0 Å². The van der Waals surface area contributed by atoms with Gasteiger partial charge >= 0.3 is 5.97 Å². The first-order valence-corrected chi connectivity index (χ1v) is 10.9. The fourth-order valence-corrected chi connectivity index (χ4v) is 4.23. The topological polar surface area (TPSA) is 112 Å². The van der Waals surface area contributed by atoms with E-state index >= 15 is 0 Å². The molecule has 9 nitrogen and oxygen atoms in total. The van der Waals surface area contributed by atoms with Gasteiger partial charge in [-0.2, -0.15) is 0 Å². The average molecular weight is 469 g/mol. The van der Waals surface area contributed by atoms with Crippen LogP contribution in [0.25, 0.3) is 0 Å². The molecule has 3 heterocycles. The van der Waals surface area contributed by atoms with Crippen LogP contribution >= 0.6 is 0 Å². The number of hydrogen-bond acceptors (Lipinski definition) is 9. The van der Waals surface area contributed by atoms with Gasteiger partial charge in [0.1, 0.15) is 11.5 Å². The minimum absolute atomic E-state index is 0.0216. The molecule has 180 valence electrons. The van der Waals surface area contributed by atoms with Gasteiger partial charge in [-0.25, -0.2) is 0 Å². The molecule has 0 aliphatic carbocycles. The van der Waals surface area contributed by atoms with Crippen molar-refractivity contribution in [3.63, 3.8) is 0 Å². The summed E-state index contributed by atoms with van der Waals surface area (Å²) >= 11 is 0. The van der Waals surface area contributed by atoms with Gasteiger partial charge < -0.3 is 28.2 Å². The molecule has 34 heavy (non-hydrogen) atoms. The molecule has 0 saturated carbocycles. The van der Waals surface area contributed by atoms with E-state index in [1.807, 2.05) is 12.1 Å². The highest BCUT2D eigenvalue weighted by atomic mass is 16.5. The van der Waals surface area contributed by atoms with Crippen LogP contribution in [0.1, 0.15) is 40.7 Å². The van der Waals surface area contributed by atoms with Crippen LogP contribution in [-0.2, 0) is 29.0 Å². The summed E-state index contributed by atoms with van der Waals surface area (Å²) in [5.41, 5.74) is 1.70. The Morgan fingerprint density at radius 1 is 1.15 bits per heavy atom. The smallest absolute Gasteiger partial charge is 0.306 e. The van der Waals surface area contributed by atoms with E-state index in [1.165, 1.54) is 25.0 Å². The maximum atomic E-state index is 12.6. The summed E-state index contributed by atoms with van der Waals surface area (Å²) in [4.78, 5) is 26.7. The number of benzene rings is 1. The van der Waals surface area contributed by atoms with Crippen molar-refractivity contribution in [2.75, 3.05) is 27.9 Å². The molecule has 0 radical (unpaired) electrons. The van der Waals surface area contributed by atoms with Gasteiger partial charge in [-0.1, -0.05) is 0 Å². The number of methoxy groups -OCH3 is 3. The third kappa shape index (κ3) is 4.79. The minimum atomic E-state index is -0.797. The SMILES string of the molecule is COC(=O)C[C@@H](c1ccco1)c1oc(CN2CCc3cc(OC)c(OC)cc3C2)cc(=O)c1O. The van der Waals surface area contributed by atoms with E-state index in [1.54, 1.807) is 26.4 Å². The number of carbonyl (C=O) groups is 1. The Morgan fingerprint density at radius 2 is 1.88 bits per heavy atom. The predicted octanol–water partition coefficient (Wildman–Crippen LogP) is 3.21. The van der Waals surface area contributed by atoms with Crippen LogP contribution < -0.4 is 14.9 Å². The summed E-state index contributed by atoms with van der Waals surface area (Å²) in [5.74, 6) is 0.225. The van der Waals surface area contributed by atoms with Crippen LogP contribution in [-0.4, -0.2) is 43.8 Å². The number of fused-ring (bicyclic) bond motifs is 1. The number of furan rings is 1. The summed E-state index contributed by atoms with van der Waals surface area (Å²) in [6.45, 7) is 1.71. The van der Waals surface area contributed by atoms with E-state index < -0.39 is 23.1 Å². The van der Waals surface area contributed by atoms with E-state index in [0.717, 1.165) is 18.5 Å². The third-order valence-electron chi connectivity index (χ3n) is 5.98. The average Bonchev–Trinajstić information content (AvgIpc) is 3.38. The molecular weight excluding hydrogens is 442 g/mol. The van der Waals surface area contributed by atoms with Crippen LogP contribution in [0.15, 0.2) is 50.2 Å². The van der Waals surface area contributed by atoms with Gasteiger partial charge in [0.05, 0.1) is 46.5 Å². The lowest BCUT2D eigenvalue weighted by molar-refractivity contribution is -0.141. The first kappa shape index (κ1) is 23.4. The highest BCUT2D eigenvalue weighted by Gasteiger charge is 2.29. The van der Waals surface area contributed by atoms with Gasteiger partial charge in [-0.3, -0.25) is 14.5 Å². The molecule has 2 aromatic heterocycles. The monoisotopic (exact) mass is 469 g/mol. The fraction of sp³-hybridized carbons (Fsp3) is 0.360. The van der Waals surface area contributed by atoms with Crippen molar-refractivity contribution in [1.82, 2.24) is 4.90 Å². The van der Waals surface area contributed by atoms with Crippen molar-refractivity contribution >= 4 is 5.97 Å². The number of rotatable bonds is 8. The second-order valence-corrected chi connectivity index (χ2v) is 8.07. The maximum absolute atomic E-state index is 12.6. The number of ether oxygens (including phenoxy) is 3. The quantitative estimate of drug-likeness (QED) is 0.497. The van der Waals surface area contributed by atoms with Crippen molar-refractivity contribution in [3.05, 3.63) is 75.2 Å². The first-order valence-electron chi connectivity index (χ1n) is 10.9. The Morgan fingerprint density at radius 3 is 2.53 bits per heavy atom. The van der Waals surface area contributed by atoms with Crippen molar-refractivity contribution in [2.24, 2.45) is 0 Å². The molecule has 1 aliphatic rings. The Hall–Kier alpha value is -3.72. The summed E-state index contributed by atoms with van der Waals surface area (Å²) in [5, 5.41) is 10.5. The zero-order valence-electron chi connectivity index (χ0n) is 19.3. The van der Waals surface area contributed by atoms with E-state index in [4.69, 9.17) is 23.0 Å². The van der Waals surface area contributed by atoms with Crippen molar-refractivity contribution in [2.45, 2.75) is 31.8 Å². The zero-order chi connectivity index (χ0) is 24.2. The van der Waals surface area contributed by atoms with E-state index in [-0.39, 0.29) is 12.2 Å². The number of carbonyl (C=O) groups excluding carboxylic acids is 1. The van der Waals surface area contributed by atoms with E-state index in [2.05, 4.69) is 4.90 Å². The standard InChI is InChI=1S/C25H27NO8/c1-30-21-9-15-6-7-26(13-16(15)10-22(21)31-2)14-17-11-19(27)24(29)25(34-17)18(12-23(28)32-3)20-5-4-8-33-20/h4-5,8-11,18,29H,6-7,12-14H2,1-3H3/t18-/m0/s1. The lowest BCUT2D eigenvalue weighted by atomic mass is 9.97. The summed E-state index contributed by atoms with van der Waals surface area (Å²) in [6.07, 6.45) is 2.10. The first-order chi connectivity index (χ1) is 16.4. The molecule has 9 heteroatoms. The third-order valence-corrected chi connectivity index (χ3v) is 5.98. The predicted molar refractivity (Wildman–Crippen MR) is 121 cm³/mol. The lowest BCUT2D eigenvalue weighted by Gasteiger charge is -2.29. The molecule has 4 rings (SSSR count). The summed E-state index contributed by atoms with van der Waals surface area (Å²) < 4.78 is 27.0. The molecule has 0 bridgehead atoms. The van der Waals surface area contributed by atoms with Crippen LogP contribution in [0, 0.1) is 0 Å². The van der Waals surface area contributed by atoms with Crippen LogP contribution in [0.5, 0.6) is 17.2 Å². The van der Waals surface area contributed by atoms with Gasteiger partial charge in [-0.15, -0.1) is 0 Å². The molecule has 1 aliphatic heterocycles. The van der Waals surface area contributed by atoms with Gasteiger partial charge in [0.2, 0.25) is 11.2 Å². The molecular formula is C25H27NO8. The number of hydrogen-bond donors (Lipinski definition) is 1. The van der Waals surface area contributed by atoms with Gasteiger partial charge in [0, 0.05) is 19.2 Å². The Kier molecular flexibility index (Phi) is 6.93. The van der Waals surface area contributed by atoms with Gasteiger partial charge in [-0.05, 0) is 41.8 Å². The van der Waals surface area contributed by atoms with E-state index in [9.17, 15) is 14.7 Å². The van der Waals surface area contributed by atoms with E-state index in [0.29, 0.717) is 36.1 Å². The molecule has 0 spiro atoms.